The third kappa shape index (κ3) is 4.01. The van der Waals surface area contributed by atoms with E-state index in [0.717, 1.165) is 12.8 Å². The first-order valence-electron chi connectivity index (χ1n) is 5.96. The van der Waals surface area contributed by atoms with E-state index in [1.165, 1.54) is 19.3 Å². The highest BCUT2D eigenvalue weighted by Crippen LogP contribution is 2.31. The second kappa shape index (κ2) is 5.96. The highest BCUT2D eigenvalue weighted by molar-refractivity contribution is 7.91. The molecule has 16 heavy (non-hydrogen) atoms. The van der Waals surface area contributed by atoms with Crippen LogP contribution in [-0.2, 0) is 9.84 Å². The fraction of sp³-hybridized carbons (Fsp3) is 0.909. The number of nitrogens with two attached hydrogens (primary N) is 1. The molecule has 0 aromatic carbocycles. The van der Waals surface area contributed by atoms with Crippen molar-refractivity contribution in [3.05, 3.63) is 0 Å². The van der Waals surface area contributed by atoms with Gasteiger partial charge < -0.3 is 5.73 Å². The zero-order valence-electron chi connectivity index (χ0n) is 9.81. The Hall–Kier alpha value is -0.160. The molecular formula is C11H21NO2S2. The van der Waals surface area contributed by atoms with E-state index in [4.69, 9.17) is 18.0 Å². The molecular weight excluding hydrogens is 242 g/mol. The Morgan fingerprint density at radius 2 is 1.94 bits per heavy atom. The topological polar surface area (TPSA) is 60.2 Å². The molecule has 2 N–H and O–H groups in total. The molecule has 94 valence electrons. The maximum atomic E-state index is 11.6. The van der Waals surface area contributed by atoms with Crippen LogP contribution >= 0.6 is 12.2 Å². The van der Waals surface area contributed by atoms with Crippen LogP contribution in [0.25, 0.3) is 0 Å². The van der Waals surface area contributed by atoms with Gasteiger partial charge >= 0.3 is 0 Å². The second-order valence-electron chi connectivity index (χ2n) is 4.61. The lowest BCUT2D eigenvalue weighted by Gasteiger charge is -2.29. The molecule has 1 saturated carbocycles. The van der Waals surface area contributed by atoms with Crippen LogP contribution in [0.5, 0.6) is 0 Å². The van der Waals surface area contributed by atoms with Gasteiger partial charge in [-0.15, -0.1) is 0 Å². The van der Waals surface area contributed by atoms with Gasteiger partial charge in [-0.2, -0.15) is 0 Å². The molecule has 0 saturated heterocycles. The molecule has 1 aliphatic carbocycles. The number of hydrogen-bond acceptors (Lipinski definition) is 3. The summed E-state index contributed by atoms with van der Waals surface area (Å²) in [6, 6.07) is 0. The average molecular weight is 263 g/mol. The summed E-state index contributed by atoms with van der Waals surface area (Å²) < 4.78 is 23.3. The lowest BCUT2D eigenvalue weighted by Crippen LogP contribution is -2.35. The van der Waals surface area contributed by atoms with Gasteiger partial charge in [-0.25, -0.2) is 8.42 Å². The van der Waals surface area contributed by atoms with Crippen molar-refractivity contribution in [1.29, 1.82) is 0 Å². The van der Waals surface area contributed by atoms with Crippen molar-refractivity contribution in [3.8, 4) is 0 Å². The maximum absolute atomic E-state index is 11.6. The van der Waals surface area contributed by atoms with Gasteiger partial charge in [-0.1, -0.05) is 38.4 Å². The van der Waals surface area contributed by atoms with Crippen LogP contribution in [-0.4, -0.2) is 24.9 Å². The Morgan fingerprint density at radius 1 is 1.38 bits per heavy atom. The summed E-state index contributed by atoms with van der Waals surface area (Å²) in [5.41, 5.74) is 5.70. The number of thiocarbonyl (C=S) groups is 1. The normalized spacial score (nSPS) is 20.6. The van der Waals surface area contributed by atoms with E-state index in [9.17, 15) is 8.42 Å². The third-order valence-corrected chi connectivity index (χ3v) is 5.51. The molecule has 0 radical (unpaired) electrons. The van der Waals surface area contributed by atoms with E-state index in [-0.39, 0.29) is 17.4 Å². The molecule has 1 fully saturated rings. The first-order valence-corrected chi connectivity index (χ1v) is 8.19. The van der Waals surface area contributed by atoms with Gasteiger partial charge in [0.25, 0.3) is 0 Å². The summed E-state index contributed by atoms with van der Waals surface area (Å²) in [4.78, 5) is 0.379. The van der Waals surface area contributed by atoms with E-state index in [0.29, 0.717) is 10.9 Å². The van der Waals surface area contributed by atoms with Gasteiger partial charge in [-0.05, 0) is 18.8 Å². The smallest absolute Gasteiger partial charge is 0.150 e. The highest BCUT2D eigenvalue weighted by Gasteiger charge is 2.29. The van der Waals surface area contributed by atoms with E-state index < -0.39 is 9.84 Å². The van der Waals surface area contributed by atoms with Crippen LogP contribution in [0.4, 0.5) is 0 Å². The fourth-order valence-electron chi connectivity index (χ4n) is 2.38. The van der Waals surface area contributed by atoms with Crippen LogP contribution in [0.3, 0.4) is 0 Å². The van der Waals surface area contributed by atoms with Gasteiger partial charge in [-0.3, -0.25) is 0 Å². The minimum atomic E-state index is -2.98. The van der Waals surface area contributed by atoms with Gasteiger partial charge in [0, 0.05) is 11.7 Å². The van der Waals surface area contributed by atoms with Gasteiger partial charge in [0.15, 0.2) is 9.84 Å². The SMILES string of the molecule is CCS(=O)(=O)C[C@H](C(N)=S)C1CCCCC1. The van der Waals surface area contributed by atoms with Crippen LogP contribution < -0.4 is 5.73 Å². The molecule has 3 nitrogen and oxygen atoms in total. The summed E-state index contributed by atoms with van der Waals surface area (Å²) in [7, 11) is -2.98. The molecule has 1 atom stereocenters. The van der Waals surface area contributed by atoms with E-state index in [1.54, 1.807) is 6.92 Å². The molecule has 0 aliphatic heterocycles. The number of sulfone groups is 1. The molecule has 0 bridgehead atoms. The van der Waals surface area contributed by atoms with Crippen molar-refractivity contribution >= 4 is 27.0 Å². The quantitative estimate of drug-likeness (QED) is 0.770. The van der Waals surface area contributed by atoms with Crippen LogP contribution in [0, 0.1) is 11.8 Å². The van der Waals surface area contributed by atoms with Crippen molar-refractivity contribution in [2.75, 3.05) is 11.5 Å². The zero-order valence-corrected chi connectivity index (χ0v) is 11.4. The van der Waals surface area contributed by atoms with Crippen molar-refractivity contribution in [3.63, 3.8) is 0 Å². The first kappa shape index (κ1) is 13.9. The van der Waals surface area contributed by atoms with E-state index in [1.807, 2.05) is 0 Å². The lowest BCUT2D eigenvalue weighted by atomic mass is 9.81. The van der Waals surface area contributed by atoms with E-state index in [2.05, 4.69) is 0 Å². The summed E-state index contributed by atoms with van der Waals surface area (Å²) in [5, 5.41) is 0. The molecule has 1 aliphatic rings. The number of rotatable bonds is 5. The van der Waals surface area contributed by atoms with Crippen molar-refractivity contribution in [2.45, 2.75) is 39.0 Å². The Kier molecular flexibility index (Phi) is 5.18. The molecule has 0 aromatic rings. The van der Waals surface area contributed by atoms with Gasteiger partial charge in [0.05, 0.1) is 10.7 Å². The standard InChI is InChI=1S/C11H21NO2S2/c1-2-16(13,14)8-10(11(12)15)9-6-4-3-5-7-9/h9-10H,2-8H2,1H3,(H2,12,15)/t10-/m0/s1. The van der Waals surface area contributed by atoms with Crippen LogP contribution in [0.15, 0.2) is 0 Å². The molecule has 1 rings (SSSR count). The predicted octanol–water partition coefficient (Wildman–Crippen LogP) is 1.90. The minimum absolute atomic E-state index is 0.111. The van der Waals surface area contributed by atoms with Gasteiger partial charge in [0.1, 0.15) is 0 Å². The predicted molar refractivity (Wildman–Crippen MR) is 71.2 cm³/mol. The maximum Gasteiger partial charge on any atom is 0.150 e. The Bertz CT molecular complexity index is 332. The average Bonchev–Trinajstić information content (AvgIpc) is 2.27. The molecule has 0 spiro atoms. The molecule has 0 heterocycles. The lowest BCUT2D eigenvalue weighted by molar-refractivity contribution is 0.313. The second-order valence-corrected chi connectivity index (χ2v) is 7.48. The fourth-order valence-corrected chi connectivity index (χ4v) is 3.99. The van der Waals surface area contributed by atoms with Crippen molar-refractivity contribution < 1.29 is 8.42 Å². The molecule has 5 heteroatoms. The monoisotopic (exact) mass is 263 g/mol. The van der Waals surface area contributed by atoms with Crippen LogP contribution in [0.2, 0.25) is 0 Å². The zero-order chi connectivity index (χ0) is 12.2. The molecule has 0 amide bonds. The Morgan fingerprint density at radius 3 is 2.38 bits per heavy atom. The van der Waals surface area contributed by atoms with E-state index >= 15 is 0 Å². The molecule has 0 aromatic heterocycles. The highest BCUT2D eigenvalue weighted by atomic mass is 32.2. The summed E-state index contributed by atoms with van der Waals surface area (Å²) >= 11 is 5.03. The first-order chi connectivity index (χ1) is 7.46. The summed E-state index contributed by atoms with van der Waals surface area (Å²) in [5.74, 6) is 0.593. The Balaban J connectivity index is 2.70. The number of hydrogen-bond donors (Lipinski definition) is 1. The van der Waals surface area contributed by atoms with Crippen molar-refractivity contribution in [1.82, 2.24) is 0 Å². The summed E-state index contributed by atoms with van der Waals surface area (Å²) in [6.45, 7) is 1.67. The summed E-state index contributed by atoms with van der Waals surface area (Å²) in [6.07, 6.45) is 5.75. The largest absolute Gasteiger partial charge is 0.393 e. The third-order valence-electron chi connectivity index (χ3n) is 3.46. The van der Waals surface area contributed by atoms with Crippen LogP contribution in [0.1, 0.15) is 39.0 Å². The minimum Gasteiger partial charge on any atom is -0.393 e. The van der Waals surface area contributed by atoms with Crippen molar-refractivity contribution in [2.24, 2.45) is 17.6 Å². The van der Waals surface area contributed by atoms with Gasteiger partial charge in [0.2, 0.25) is 0 Å². The molecule has 0 unspecified atom stereocenters. The Labute approximate surface area is 104 Å².